The number of hydrogen-bond donors (Lipinski definition) is 0. The minimum atomic E-state index is -3.55. The average Bonchev–Trinajstić information content (AvgIpc) is 3.37. The van der Waals surface area contributed by atoms with Crippen molar-refractivity contribution in [3.63, 3.8) is 0 Å². The van der Waals surface area contributed by atoms with Gasteiger partial charge in [0.25, 0.3) is 0 Å². The van der Waals surface area contributed by atoms with Gasteiger partial charge in [0.15, 0.2) is 0 Å². The summed E-state index contributed by atoms with van der Waals surface area (Å²) in [5, 5.41) is 9.42. The molecule has 0 saturated carbocycles. The van der Waals surface area contributed by atoms with Crippen LogP contribution in [0.25, 0.3) is 33.6 Å². The van der Waals surface area contributed by atoms with Gasteiger partial charge < -0.3 is 14.0 Å². The summed E-state index contributed by atoms with van der Waals surface area (Å²) in [4.78, 5) is 13.3. The van der Waals surface area contributed by atoms with Crippen molar-refractivity contribution < 1.29 is 14.0 Å². The molecule has 0 N–H and O–H groups in total. The zero-order valence-corrected chi connectivity index (χ0v) is 25.2. The number of pyridine rings is 2. The van der Waals surface area contributed by atoms with Crippen LogP contribution in [0.4, 0.5) is 0 Å². The number of nitrogens with zero attached hydrogens (tertiary/aromatic N) is 5. The Morgan fingerprint density at radius 2 is 1.02 bits per heavy atom. The molecule has 4 aromatic carbocycles. The van der Waals surface area contributed by atoms with Crippen LogP contribution in [-0.4, -0.2) is 25.1 Å². The lowest BCUT2D eigenvalue weighted by molar-refractivity contribution is 0.483. The Hall–Kier alpha value is -5.98. The van der Waals surface area contributed by atoms with Gasteiger partial charge in [-0.2, -0.15) is 5.10 Å². The van der Waals surface area contributed by atoms with Crippen LogP contribution in [0, 0.1) is 0 Å². The highest BCUT2D eigenvalue weighted by Gasteiger charge is 2.43. The minimum Gasteiger partial charge on any atom is -0.457 e. The summed E-state index contributed by atoms with van der Waals surface area (Å²) in [6, 6.07) is 38.2. The molecular formula is C37H24N5O3P. The lowest BCUT2D eigenvalue weighted by atomic mass is 10.1. The topological polar surface area (TPSA) is 100.0 Å². The normalized spacial score (nSPS) is 12.6. The number of ether oxygens (including phenoxy) is 2. The average molecular weight is 618 g/mol. The molecule has 1 aliphatic heterocycles. The lowest BCUT2D eigenvalue weighted by Gasteiger charge is -2.15. The van der Waals surface area contributed by atoms with E-state index in [0.29, 0.717) is 33.6 Å². The molecular weight excluding hydrogens is 593 g/mol. The van der Waals surface area contributed by atoms with E-state index >= 15 is 4.57 Å². The molecule has 220 valence electrons. The zero-order chi connectivity index (χ0) is 30.9. The molecule has 8 rings (SSSR count). The standard InChI is InChI=1S/C37H24N5O3P/c43-46(37-40-19-20-41-42-37)35-23-29(44-27-9-5-7-25(21-27)33-11-1-3-17-38-33)13-15-31(35)32-16-14-30(24-36(32)46)45-28-10-6-8-26(22-28)34-12-2-4-18-39-34/h1-24H. The van der Waals surface area contributed by atoms with Crippen LogP contribution in [0.15, 0.2) is 146 Å². The Morgan fingerprint density at radius 3 is 1.50 bits per heavy atom. The third-order valence-corrected chi connectivity index (χ3v) is 10.6. The van der Waals surface area contributed by atoms with Gasteiger partial charge in [0.2, 0.25) is 12.7 Å². The van der Waals surface area contributed by atoms with Gasteiger partial charge in [0, 0.05) is 40.3 Å². The lowest BCUT2D eigenvalue weighted by Crippen LogP contribution is -2.26. The van der Waals surface area contributed by atoms with Crippen molar-refractivity contribution >= 4 is 23.3 Å². The van der Waals surface area contributed by atoms with E-state index in [2.05, 4.69) is 25.1 Å². The summed E-state index contributed by atoms with van der Waals surface area (Å²) < 4.78 is 27.9. The van der Waals surface area contributed by atoms with Crippen molar-refractivity contribution in [3.8, 4) is 56.6 Å². The third kappa shape index (κ3) is 5.01. The monoisotopic (exact) mass is 617 g/mol. The third-order valence-electron chi connectivity index (χ3n) is 7.72. The van der Waals surface area contributed by atoms with Crippen molar-refractivity contribution in [2.24, 2.45) is 0 Å². The summed E-state index contributed by atoms with van der Waals surface area (Å²) in [6.07, 6.45) is 6.49. The molecule has 9 heteroatoms. The number of rotatable bonds is 7. The molecule has 0 fully saturated rings. The van der Waals surface area contributed by atoms with Crippen molar-refractivity contribution in [2.75, 3.05) is 0 Å². The van der Waals surface area contributed by atoms with Crippen LogP contribution in [0.2, 0.25) is 0 Å². The van der Waals surface area contributed by atoms with Gasteiger partial charge in [-0.25, -0.2) is 4.98 Å². The van der Waals surface area contributed by atoms with Crippen molar-refractivity contribution in [1.29, 1.82) is 0 Å². The summed E-state index contributed by atoms with van der Waals surface area (Å²) in [6.45, 7) is 0. The quantitative estimate of drug-likeness (QED) is 0.173. The molecule has 0 radical (unpaired) electrons. The van der Waals surface area contributed by atoms with Crippen LogP contribution in [0.1, 0.15) is 0 Å². The Labute approximate surface area is 264 Å². The molecule has 0 saturated heterocycles. The first-order chi connectivity index (χ1) is 22.6. The van der Waals surface area contributed by atoms with E-state index in [0.717, 1.165) is 33.6 Å². The fourth-order valence-electron chi connectivity index (χ4n) is 5.63. The van der Waals surface area contributed by atoms with E-state index < -0.39 is 7.14 Å². The molecule has 7 aromatic rings. The summed E-state index contributed by atoms with van der Waals surface area (Å²) >= 11 is 0. The van der Waals surface area contributed by atoms with Gasteiger partial charge in [-0.15, -0.1) is 5.10 Å². The van der Waals surface area contributed by atoms with Crippen molar-refractivity contribution in [3.05, 3.63) is 146 Å². The Balaban J connectivity index is 1.16. The maximum Gasteiger partial charge on any atom is 0.219 e. The Morgan fingerprint density at radius 1 is 0.478 bits per heavy atom. The number of benzene rings is 4. The summed E-state index contributed by atoms with van der Waals surface area (Å²) in [5.41, 5.74) is 5.35. The Kier molecular flexibility index (Phi) is 6.89. The van der Waals surface area contributed by atoms with Gasteiger partial charge in [-0.1, -0.05) is 36.4 Å². The molecule has 3 aromatic heterocycles. The second-order valence-corrected chi connectivity index (χ2v) is 13.2. The first-order valence-electron chi connectivity index (χ1n) is 14.6. The van der Waals surface area contributed by atoms with Crippen LogP contribution >= 0.6 is 7.14 Å². The van der Waals surface area contributed by atoms with Gasteiger partial charge >= 0.3 is 0 Å². The van der Waals surface area contributed by atoms with Crippen LogP contribution in [-0.2, 0) is 4.57 Å². The zero-order valence-electron chi connectivity index (χ0n) is 24.3. The molecule has 0 atom stereocenters. The SMILES string of the molecule is O=P1(c2nccnn2)c2cc(Oc3cccc(-c4ccccn4)c3)ccc2-c2ccc(Oc3cccc(-c4ccccn4)c3)cc21. The van der Waals surface area contributed by atoms with E-state index in [1.165, 1.54) is 12.4 Å². The molecule has 0 unspecified atom stereocenters. The molecule has 0 spiro atoms. The van der Waals surface area contributed by atoms with E-state index in [1.807, 2.05) is 121 Å². The molecule has 0 aliphatic carbocycles. The van der Waals surface area contributed by atoms with Gasteiger partial charge in [0.05, 0.1) is 17.6 Å². The van der Waals surface area contributed by atoms with Crippen LogP contribution in [0.3, 0.4) is 0 Å². The fourth-order valence-corrected chi connectivity index (χ4v) is 8.42. The van der Waals surface area contributed by atoms with E-state index in [9.17, 15) is 0 Å². The molecule has 46 heavy (non-hydrogen) atoms. The summed E-state index contributed by atoms with van der Waals surface area (Å²) in [5.74, 6) is 2.35. The molecule has 0 bridgehead atoms. The van der Waals surface area contributed by atoms with E-state index in [4.69, 9.17) is 9.47 Å². The predicted octanol–water partition coefficient (Wildman–Crippen LogP) is 7.20. The van der Waals surface area contributed by atoms with Crippen molar-refractivity contribution in [1.82, 2.24) is 25.1 Å². The first kappa shape index (κ1) is 27.6. The van der Waals surface area contributed by atoms with E-state index in [-0.39, 0.29) is 5.57 Å². The molecule has 0 amide bonds. The molecule has 4 heterocycles. The highest BCUT2D eigenvalue weighted by atomic mass is 31.2. The number of hydrogen-bond acceptors (Lipinski definition) is 8. The first-order valence-corrected chi connectivity index (χ1v) is 16.3. The van der Waals surface area contributed by atoms with Gasteiger partial charge in [-0.05, 0) is 96.1 Å². The fraction of sp³-hybridized carbons (Fsp3) is 0. The number of fused-ring (bicyclic) bond motifs is 3. The predicted molar refractivity (Wildman–Crippen MR) is 178 cm³/mol. The highest BCUT2D eigenvalue weighted by Crippen LogP contribution is 2.53. The Bertz CT molecular complexity index is 2110. The molecule has 8 nitrogen and oxygen atoms in total. The summed E-state index contributed by atoms with van der Waals surface area (Å²) in [7, 11) is -3.55. The van der Waals surface area contributed by atoms with Crippen LogP contribution < -0.4 is 25.6 Å². The number of aromatic nitrogens is 5. The second-order valence-electron chi connectivity index (χ2n) is 10.6. The smallest absolute Gasteiger partial charge is 0.219 e. The highest BCUT2D eigenvalue weighted by molar-refractivity contribution is 7.86. The maximum atomic E-state index is 15.3. The van der Waals surface area contributed by atoms with Crippen molar-refractivity contribution in [2.45, 2.75) is 0 Å². The van der Waals surface area contributed by atoms with E-state index in [1.54, 1.807) is 12.4 Å². The largest absolute Gasteiger partial charge is 0.457 e. The molecule has 1 aliphatic rings. The van der Waals surface area contributed by atoms with Crippen LogP contribution in [0.5, 0.6) is 23.0 Å². The second kappa shape index (κ2) is 11.5. The van der Waals surface area contributed by atoms with Gasteiger partial charge in [-0.3, -0.25) is 9.97 Å². The minimum absolute atomic E-state index is 0.151. The van der Waals surface area contributed by atoms with Gasteiger partial charge in [0.1, 0.15) is 23.0 Å². The maximum absolute atomic E-state index is 15.3.